The lowest BCUT2D eigenvalue weighted by Gasteiger charge is -2.26. The monoisotopic (exact) mass is 319 g/mol. The molecule has 0 saturated carbocycles. The molecule has 1 aromatic rings. The Morgan fingerprint density at radius 2 is 2.17 bits per heavy atom. The second kappa shape index (κ2) is 8.96. The molecule has 2 rings (SSSR count). The molecule has 1 saturated heterocycles. The normalized spacial score (nSPS) is 14.3. The first-order valence-electron chi connectivity index (χ1n) is 7.77. The topological polar surface area (TPSA) is 84.6 Å². The zero-order chi connectivity index (χ0) is 16.5. The fourth-order valence-corrected chi connectivity index (χ4v) is 2.35. The van der Waals surface area contributed by atoms with Crippen molar-refractivity contribution in [3.8, 4) is 11.8 Å². The van der Waals surface area contributed by atoms with E-state index in [1.807, 2.05) is 0 Å². The Kier molecular flexibility index (Phi) is 6.63. The van der Waals surface area contributed by atoms with Crippen molar-refractivity contribution in [2.24, 2.45) is 0 Å². The smallest absolute Gasteiger partial charge is 0.292 e. The maximum Gasteiger partial charge on any atom is 0.292 e. The summed E-state index contributed by atoms with van der Waals surface area (Å²) in [6.45, 7) is 3.01. The molecular weight excluding hydrogens is 298 g/mol. The molecule has 0 atom stereocenters. The summed E-state index contributed by atoms with van der Waals surface area (Å²) in [7, 11) is 0. The first kappa shape index (κ1) is 17.0. The van der Waals surface area contributed by atoms with Crippen LogP contribution in [-0.4, -0.2) is 48.3 Å². The van der Waals surface area contributed by atoms with Gasteiger partial charge in [0.15, 0.2) is 5.75 Å². The standard InChI is InChI=1S/C16H21N3O4/c17-6-1-2-7-19-8-3-4-14(16(19)21)23-11-5-15(20)18-9-12-22-13-10-18/h3-4,8H,1-2,5,7,9-13H2. The van der Waals surface area contributed by atoms with Crippen LogP contribution in [0.1, 0.15) is 19.3 Å². The number of morpholine rings is 1. The van der Waals surface area contributed by atoms with Crippen molar-refractivity contribution < 1.29 is 14.3 Å². The highest BCUT2D eigenvalue weighted by atomic mass is 16.5. The number of unbranched alkanes of at least 4 members (excludes halogenated alkanes) is 1. The van der Waals surface area contributed by atoms with Crippen LogP contribution in [0.4, 0.5) is 0 Å². The quantitative estimate of drug-likeness (QED) is 0.693. The van der Waals surface area contributed by atoms with Crippen LogP contribution in [0.2, 0.25) is 0 Å². The Bertz CT molecular complexity index is 614. The van der Waals surface area contributed by atoms with Crippen molar-refractivity contribution in [3.63, 3.8) is 0 Å². The van der Waals surface area contributed by atoms with Gasteiger partial charge >= 0.3 is 0 Å². The van der Waals surface area contributed by atoms with Gasteiger partial charge in [-0.15, -0.1) is 0 Å². The minimum absolute atomic E-state index is 0.0126. The summed E-state index contributed by atoms with van der Waals surface area (Å²) in [5, 5.41) is 8.54. The SMILES string of the molecule is N#CCCCn1cccc(OCCC(=O)N2CCOCC2)c1=O. The number of hydrogen-bond donors (Lipinski definition) is 0. The zero-order valence-electron chi connectivity index (χ0n) is 13.1. The lowest BCUT2D eigenvalue weighted by atomic mass is 10.3. The van der Waals surface area contributed by atoms with Gasteiger partial charge < -0.3 is 18.9 Å². The van der Waals surface area contributed by atoms with Gasteiger partial charge in [0.25, 0.3) is 5.56 Å². The molecule has 0 spiro atoms. The zero-order valence-corrected chi connectivity index (χ0v) is 13.1. The molecule has 23 heavy (non-hydrogen) atoms. The third kappa shape index (κ3) is 5.11. The van der Waals surface area contributed by atoms with Gasteiger partial charge in [0, 0.05) is 32.3 Å². The Morgan fingerprint density at radius 3 is 2.91 bits per heavy atom. The minimum atomic E-state index is -0.232. The van der Waals surface area contributed by atoms with Gasteiger partial charge in [0.1, 0.15) is 0 Å². The summed E-state index contributed by atoms with van der Waals surface area (Å²) in [5.74, 6) is 0.248. The fraction of sp³-hybridized carbons (Fsp3) is 0.562. The van der Waals surface area contributed by atoms with Crippen LogP contribution >= 0.6 is 0 Å². The lowest BCUT2D eigenvalue weighted by Crippen LogP contribution is -2.41. The molecule has 0 aromatic carbocycles. The fourth-order valence-electron chi connectivity index (χ4n) is 2.35. The van der Waals surface area contributed by atoms with Gasteiger partial charge in [-0.3, -0.25) is 9.59 Å². The number of hydrogen-bond acceptors (Lipinski definition) is 5. The van der Waals surface area contributed by atoms with E-state index < -0.39 is 0 Å². The van der Waals surface area contributed by atoms with E-state index in [1.165, 1.54) is 4.57 Å². The Morgan fingerprint density at radius 1 is 1.39 bits per heavy atom. The van der Waals surface area contributed by atoms with Crippen molar-refractivity contribution in [1.82, 2.24) is 9.47 Å². The van der Waals surface area contributed by atoms with E-state index in [0.29, 0.717) is 45.7 Å². The molecule has 2 heterocycles. The van der Waals surface area contributed by atoms with Gasteiger partial charge in [0.05, 0.1) is 32.3 Å². The average molecular weight is 319 g/mol. The summed E-state index contributed by atoms with van der Waals surface area (Å²) in [4.78, 5) is 25.9. The average Bonchev–Trinajstić information content (AvgIpc) is 2.58. The van der Waals surface area contributed by atoms with Crippen LogP contribution in [0.25, 0.3) is 0 Å². The largest absolute Gasteiger partial charge is 0.487 e. The second-order valence-electron chi connectivity index (χ2n) is 5.22. The molecular formula is C16H21N3O4. The van der Waals surface area contributed by atoms with E-state index in [0.717, 1.165) is 0 Å². The van der Waals surface area contributed by atoms with E-state index in [1.54, 1.807) is 23.2 Å². The van der Waals surface area contributed by atoms with Crippen LogP contribution in [0, 0.1) is 11.3 Å². The molecule has 1 aliphatic rings. The highest BCUT2D eigenvalue weighted by Gasteiger charge is 2.16. The summed E-state index contributed by atoms with van der Waals surface area (Å²) >= 11 is 0. The number of pyridine rings is 1. The molecule has 7 nitrogen and oxygen atoms in total. The molecule has 124 valence electrons. The number of amides is 1. The predicted octanol–water partition coefficient (Wildman–Crippen LogP) is 0.780. The summed E-state index contributed by atoms with van der Waals surface area (Å²) < 4.78 is 12.2. The number of aryl methyl sites for hydroxylation is 1. The van der Waals surface area contributed by atoms with Crippen LogP contribution < -0.4 is 10.3 Å². The minimum Gasteiger partial charge on any atom is -0.487 e. The number of carbonyl (C=O) groups excluding carboxylic acids is 1. The maximum atomic E-state index is 12.2. The van der Waals surface area contributed by atoms with Crippen LogP contribution in [0.3, 0.4) is 0 Å². The summed E-state index contributed by atoms with van der Waals surface area (Å²) in [5.41, 5.74) is -0.232. The second-order valence-corrected chi connectivity index (χ2v) is 5.22. The summed E-state index contributed by atoms with van der Waals surface area (Å²) in [6.07, 6.45) is 2.94. The molecule has 0 radical (unpaired) electrons. The van der Waals surface area contributed by atoms with E-state index >= 15 is 0 Å². The number of carbonyl (C=O) groups is 1. The molecule has 7 heteroatoms. The van der Waals surface area contributed by atoms with E-state index in [4.69, 9.17) is 14.7 Å². The molecule has 1 aromatic heterocycles. The van der Waals surface area contributed by atoms with Crippen molar-refractivity contribution in [2.45, 2.75) is 25.8 Å². The molecule has 0 aliphatic carbocycles. The van der Waals surface area contributed by atoms with Crippen molar-refractivity contribution in [2.75, 3.05) is 32.9 Å². The molecule has 0 unspecified atom stereocenters. The molecule has 0 bridgehead atoms. The van der Waals surface area contributed by atoms with Crippen molar-refractivity contribution >= 4 is 5.91 Å². The number of aromatic nitrogens is 1. The lowest BCUT2D eigenvalue weighted by molar-refractivity contribution is -0.135. The molecule has 1 amide bonds. The van der Waals surface area contributed by atoms with Crippen LogP contribution in [0.5, 0.6) is 5.75 Å². The number of rotatable bonds is 7. The highest BCUT2D eigenvalue weighted by Crippen LogP contribution is 2.05. The predicted molar refractivity (Wildman–Crippen MR) is 83.1 cm³/mol. The third-order valence-electron chi connectivity index (χ3n) is 3.61. The Hall–Kier alpha value is -2.33. The number of nitrogens with zero attached hydrogens (tertiary/aromatic N) is 3. The van der Waals surface area contributed by atoms with Gasteiger partial charge in [-0.05, 0) is 18.6 Å². The van der Waals surface area contributed by atoms with Crippen LogP contribution in [-0.2, 0) is 16.1 Å². The number of ether oxygens (including phenoxy) is 2. The van der Waals surface area contributed by atoms with Gasteiger partial charge in [-0.2, -0.15) is 5.26 Å². The first-order valence-corrected chi connectivity index (χ1v) is 7.77. The van der Waals surface area contributed by atoms with E-state index in [2.05, 4.69) is 6.07 Å². The Labute approximate surface area is 135 Å². The molecule has 1 fully saturated rings. The van der Waals surface area contributed by atoms with Gasteiger partial charge in [-0.1, -0.05) is 0 Å². The highest BCUT2D eigenvalue weighted by molar-refractivity contribution is 5.76. The van der Waals surface area contributed by atoms with Crippen molar-refractivity contribution in [1.29, 1.82) is 5.26 Å². The maximum absolute atomic E-state index is 12.2. The van der Waals surface area contributed by atoms with Gasteiger partial charge in [0.2, 0.25) is 5.91 Å². The van der Waals surface area contributed by atoms with E-state index in [9.17, 15) is 9.59 Å². The number of nitriles is 1. The summed E-state index contributed by atoms with van der Waals surface area (Å²) in [6, 6.07) is 5.38. The molecule has 1 aliphatic heterocycles. The Balaban J connectivity index is 1.83. The van der Waals surface area contributed by atoms with Crippen molar-refractivity contribution in [3.05, 3.63) is 28.7 Å². The van der Waals surface area contributed by atoms with Gasteiger partial charge in [-0.25, -0.2) is 0 Å². The molecule has 0 N–H and O–H groups in total. The third-order valence-corrected chi connectivity index (χ3v) is 3.61. The van der Waals surface area contributed by atoms with Crippen LogP contribution in [0.15, 0.2) is 23.1 Å². The van der Waals surface area contributed by atoms with E-state index in [-0.39, 0.29) is 30.2 Å². The first-order chi connectivity index (χ1) is 11.2.